The first kappa shape index (κ1) is 19.6. The van der Waals surface area contributed by atoms with Gasteiger partial charge in [-0.3, -0.25) is 14.7 Å². The number of carbonyl (C=O) groups excluding carboxylic acids is 1. The number of nitrogens with one attached hydrogen (secondary N) is 2. The van der Waals surface area contributed by atoms with Crippen molar-refractivity contribution in [3.05, 3.63) is 69.8 Å². The Morgan fingerprint density at radius 3 is 2.77 bits per heavy atom. The Balaban J connectivity index is 1.55. The van der Waals surface area contributed by atoms with Crippen molar-refractivity contribution in [2.45, 2.75) is 39.7 Å². The average molecular weight is 401 g/mol. The van der Waals surface area contributed by atoms with Crippen LogP contribution in [-0.2, 0) is 0 Å². The lowest BCUT2D eigenvalue weighted by atomic mass is 10.0. The van der Waals surface area contributed by atoms with Crippen molar-refractivity contribution in [1.29, 1.82) is 5.26 Å². The van der Waals surface area contributed by atoms with Crippen LogP contribution in [0, 0.1) is 23.7 Å². The second-order valence-corrected chi connectivity index (χ2v) is 8.11. The summed E-state index contributed by atoms with van der Waals surface area (Å²) in [4.78, 5) is 29.6. The number of H-pyrrole nitrogens is 1. The molecule has 7 heteroatoms. The van der Waals surface area contributed by atoms with Gasteiger partial charge in [0.25, 0.3) is 11.5 Å². The number of nitrogens with zero attached hydrogens (tertiary/aromatic N) is 3. The minimum Gasteiger partial charge on any atom is -0.349 e. The Kier molecular flexibility index (Phi) is 4.78. The zero-order valence-corrected chi connectivity index (χ0v) is 17.2. The van der Waals surface area contributed by atoms with Crippen LogP contribution < -0.4 is 10.9 Å². The van der Waals surface area contributed by atoms with E-state index in [1.54, 1.807) is 36.5 Å². The van der Waals surface area contributed by atoms with E-state index in [-0.39, 0.29) is 22.9 Å². The highest BCUT2D eigenvalue weighted by Gasteiger charge is 2.49. The van der Waals surface area contributed by atoms with E-state index < -0.39 is 0 Å². The van der Waals surface area contributed by atoms with Crippen molar-refractivity contribution in [2.75, 3.05) is 0 Å². The highest BCUT2D eigenvalue weighted by molar-refractivity contribution is 5.94. The maximum absolute atomic E-state index is 12.9. The van der Waals surface area contributed by atoms with Crippen LogP contribution in [-0.4, -0.2) is 26.7 Å². The lowest BCUT2D eigenvalue weighted by molar-refractivity contribution is 0.0945. The van der Waals surface area contributed by atoms with E-state index in [1.807, 2.05) is 6.92 Å². The molecule has 1 amide bonds. The molecule has 3 aromatic rings. The monoisotopic (exact) mass is 401 g/mol. The number of amides is 1. The fourth-order valence-electron chi connectivity index (χ4n) is 3.69. The zero-order chi connectivity index (χ0) is 21.5. The molecule has 1 aliphatic rings. The van der Waals surface area contributed by atoms with Gasteiger partial charge in [0.05, 0.1) is 22.8 Å². The van der Waals surface area contributed by atoms with Gasteiger partial charge in [-0.05, 0) is 60.6 Å². The third-order valence-corrected chi connectivity index (χ3v) is 6.12. The van der Waals surface area contributed by atoms with Crippen LogP contribution >= 0.6 is 0 Å². The number of hydrogen-bond acceptors (Lipinski definition) is 4. The fraction of sp³-hybridized carbons (Fsp3) is 0.304. The van der Waals surface area contributed by atoms with Gasteiger partial charge in [0.15, 0.2) is 5.82 Å². The number of hydrogen-bond donors (Lipinski definition) is 2. The molecule has 152 valence electrons. The first-order valence-corrected chi connectivity index (χ1v) is 9.95. The predicted octanol–water partition coefficient (Wildman–Crippen LogP) is 3.33. The van der Waals surface area contributed by atoms with Crippen LogP contribution in [0.3, 0.4) is 0 Å². The number of carbonyl (C=O) groups is 1. The molecule has 1 aromatic carbocycles. The van der Waals surface area contributed by atoms with Crippen molar-refractivity contribution in [3.8, 4) is 23.0 Å². The molecule has 1 saturated carbocycles. The summed E-state index contributed by atoms with van der Waals surface area (Å²) < 4.78 is 1.34. The Bertz CT molecular complexity index is 1220. The summed E-state index contributed by atoms with van der Waals surface area (Å²) in [6.45, 7) is 6.16. The maximum Gasteiger partial charge on any atom is 0.280 e. The number of benzene rings is 1. The van der Waals surface area contributed by atoms with Crippen molar-refractivity contribution >= 4 is 5.91 Å². The van der Waals surface area contributed by atoms with E-state index in [9.17, 15) is 9.59 Å². The number of pyridine rings is 1. The van der Waals surface area contributed by atoms with Crippen molar-refractivity contribution in [3.63, 3.8) is 0 Å². The molecule has 30 heavy (non-hydrogen) atoms. The second kappa shape index (κ2) is 7.30. The number of rotatable bonds is 5. The molecule has 1 fully saturated rings. The van der Waals surface area contributed by atoms with Crippen LogP contribution in [0.2, 0.25) is 0 Å². The molecule has 4 rings (SSSR count). The minimum absolute atomic E-state index is 0.149. The van der Waals surface area contributed by atoms with E-state index in [2.05, 4.69) is 35.3 Å². The summed E-state index contributed by atoms with van der Waals surface area (Å²) in [5.41, 5.74) is 3.06. The number of aryl methyl sites for hydroxylation is 1. The summed E-state index contributed by atoms with van der Waals surface area (Å²) in [7, 11) is 0. The Morgan fingerprint density at radius 1 is 1.37 bits per heavy atom. The molecule has 7 nitrogen and oxygen atoms in total. The lowest BCUT2D eigenvalue weighted by Crippen LogP contribution is -2.29. The van der Waals surface area contributed by atoms with Crippen LogP contribution in [0.1, 0.15) is 48.2 Å². The van der Waals surface area contributed by atoms with Crippen molar-refractivity contribution in [2.24, 2.45) is 5.41 Å². The summed E-state index contributed by atoms with van der Waals surface area (Å²) >= 11 is 0. The zero-order valence-electron chi connectivity index (χ0n) is 17.2. The molecule has 2 unspecified atom stereocenters. The van der Waals surface area contributed by atoms with Gasteiger partial charge in [-0.15, -0.1) is 0 Å². The molecule has 2 atom stereocenters. The van der Waals surface area contributed by atoms with Crippen LogP contribution in [0.15, 0.2) is 47.5 Å². The normalized spacial score (nSPS) is 19.9. The minimum atomic E-state index is -0.246. The highest BCUT2D eigenvalue weighted by Crippen LogP contribution is 2.48. The molecular formula is C23H23N5O2. The summed E-state index contributed by atoms with van der Waals surface area (Å²) in [6, 6.07) is 10.8. The van der Waals surface area contributed by atoms with E-state index in [1.165, 1.54) is 10.9 Å². The molecule has 0 spiro atoms. The number of aromatic nitrogens is 3. The van der Waals surface area contributed by atoms with Crippen LogP contribution in [0.4, 0.5) is 0 Å². The molecule has 0 radical (unpaired) electrons. The largest absolute Gasteiger partial charge is 0.349 e. The average Bonchev–Trinajstić information content (AvgIpc) is 3.24. The van der Waals surface area contributed by atoms with E-state index in [0.29, 0.717) is 22.5 Å². The fourth-order valence-corrected chi connectivity index (χ4v) is 3.69. The van der Waals surface area contributed by atoms with Gasteiger partial charge in [-0.2, -0.15) is 5.26 Å². The van der Waals surface area contributed by atoms with E-state index >= 15 is 0 Å². The van der Waals surface area contributed by atoms with Gasteiger partial charge in [-0.25, -0.2) is 9.67 Å². The molecular weight excluding hydrogens is 378 g/mol. The van der Waals surface area contributed by atoms with E-state index in [0.717, 1.165) is 24.0 Å². The van der Waals surface area contributed by atoms with Crippen LogP contribution in [0.5, 0.6) is 0 Å². The molecule has 2 N–H and O–H groups in total. The van der Waals surface area contributed by atoms with E-state index in [4.69, 9.17) is 5.26 Å². The number of aromatic amines is 1. The van der Waals surface area contributed by atoms with Crippen LogP contribution in [0.25, 0.3) is 16.9 Å². The first-order valence-electron chi connectivity index (χ1n) is 9.95. The molecule has 0 aliphatic heterocycles. The smallest absolute Gasteiger partial charge is 0.280 e. The van der Waals surface area contributed by atoms with Gasteiger partial charge in [-0.1, -0.05) is 19.9 Å². The van der Waals surface area contributed by atoms with Crippen molar-refractivity contribution < 1.29 is 4.79 Å². The SMILES string of the molecule is CCC1(C)CC1NC(=O)c1ccc(-n2[nH]cc(-c3ccc(C#N)cc3C)c2=O)nc1. The van der Waals surface area contributed by atoms with Gasteiger partial charge in [0.1, 0.15) is 0 Å². The third kappa shape index (κ3) is 3.41. The summed E-state index contributed by atoms with van der Waals surface area (Å²) in [6.07, 6.45) is 5.13. The standard InChI is InChI=1S/C23H23N5O2/c1-4-23(3)10-19(23)27-21(29)16-6-8-20(25-12-16)28-22(30)18(13-26-28)17-7-5-15(11-24)9-14(17)2/h5-9,12-13,19,26H,4,10H2,1-3H3,(H,27,29). The van der Waals surface area contributed by atoms with Crippen molar-refractivity contribution in [1.82, 2.24) is 20.1 Å². The topological polar surface area (TPSA) is 104 Å². The first-order chi connectivity index (χ1) is 14.4. The summed E-state index contributed by atoms with van der Waals surface area (Å²) in [5.74, 6) is 0.253. The Morgan fingerprint density at radius 2 is 2.17 bits per heavy atom. The molecule has 2 aromatic heterocycles. The summed E-state index contributed by atoms with van der Waals surface area (Å²) in [5, 5.41) is 15.0. The van der Waals surface area contributed by atoms with Gasteiger partial charge in [0.2, 0.25) is 0 Å². The molecule has 0 saturated heterocycles. The lowest BCUT2D eigenvalue weighted by Gasteiger charge is -2.09. The third-order valence-electron chi connectivity index (χ3n) is 6.12. The molecule has 2 heterocycles. The second-order valence-electron chi connectivity index (χ2n) is 8.11. The Hall–Kier alpha value is -3.66. The quantitative estimate of drug-likeness (QED) is 0.684. The molecule has 0 bridgehead atoms. The van der Waals surface area contributed by atoms with Gasteiger partial charge in [0, 0.05) is 18.4 Å². The Labute approximate surface area is 174 Å². The predicted molar refractivity (Wildman–Crippen MR) is 113 cm³/mol. The maximum atomic E-state index is 12.9. The molecule has 1 aliphatic carbocycles. The van der Waals surface area contributed by atoms with Gasteiger partial charge < -0.3 is 5.32 Å². The van der Waals surface area contributed by atoms with Gasteiger partial charge >= 0.3 is 0 Å². The number of nitriles is 1. The highest BCUT2D eigenvalue weighted by atomic mass is 16.2.